The van der Waals surface area contributed by atoms with E-state index >= 15 is 8.78 Å². The Morgan fingerprint density at radius 3 is 2.34 bits per heavy atom. The number of amides is 6. The number of aliphatic hydroxyl groups is 1. The molecular weight excluding hydrogens is 859 g/mol. The zero-order valence-electron chi connectivity index (χ0n) is 35.3. The minimum absolute atomic E-state index is 0.0384. The van der Waals surface area contributed by atoms with Gasteiger partial charge in [0.1, 0.15) is 11.6 Å². The van der Waals surface area contributed by atoms with Gasteiger partial charge < -0.3 is 29.3 Å². The van der Waals surface area contributed by atoms with E-state index in [4.69, 9.17) is 0 Å². The first-order valence-electron chi connectivity index (χ1n) is 21.8. The Kier molecular flexibility index (Phi) is 11.0. The quantitative estimate of drug-likeness (QED) is 0.171. The second-order valence-corrected chi connectivity index (χ2v) is 18.1. The van der Waals surface area contributed by atoms with Crippen molar-refractivity contribution in [2.75, 3.05) is 65.8 Å². The number of piperazine rings is 1. The summed E-state index contributed by atoms with van der Waals surface area (Å²) in [5.74, 6) is -2.47. The van der Waals surface area contributed by atoms with E-state index in [1.165, 1.54) is 33.3 Å². The fraction of sp³-hybridized carbons (Fsp3) is 0.370. The van der Waals surface area contributed by atoms with Gasteiger partial charge in [-0.2, -0.15) is 0 Å². The van der Waals surface area contributed by atoms with Gasteiger partial charge in [0.2, 0.25) is 11.8 Å². The number of nitrogens with zero attached hydrogens (tertiary/aromatic N) is 8. The summed E-state index contributed by atoms with van der Waals surface area (Å²) in [5.41, 5.74) is 3.44. The molecular formula is C46H46F2N10O6S. The monoisotopic (exact) mass is 904 g/mol. The molecule has 0 bridgehead atoms. The Hall–Kier alpha value is -6.73. The van der Waals surface area contributed by atoms with Gasteiger partial charge >= 0.3 is 6.03 Å². The average Bonchev–Trinajstić information content (AvgIpc) is 4.12. The molecule has 0 saturated carbocycles. The number of piperidine rings is 1. The minimum atomic E-state index is -1.23. The number of aromatic nitrogens is 3. The number of anilines is 4. The number of carbonyl (C=O) groups is 5. The number of rotatable bonds is 10. The molecule has 0 aliphatic carbocycles. The van der Waals surface area contributed by atoms with Gasteiger partial charge in [0, 0.05) is 98.6 Å². The summed E-state index contributed by atoms with van der Waals surface area (Å²) in [7, 11) is 0. The van der Waals surface area contributed by atoms with Crippen LogP contribution >= 0.6 is 11.3 Å². The van der Waals surface area contributed by atoms with Gasteiger partial charge in [0.25, 0.3) is 11.8 Å². The molecule has 1 unspecified atom stereocenters. The second-order valence-electron chi connectivity index (χ2n) is 17.2. The number of halogens is 2. The molecule has 3 N–H and O–H groups in total. The molecule has 0 spiro atoms. The second kappa shape index (κ2) is 17.0. The predicted octanol–water partition coefficient (Wildman–Crippen LogP) is 5.08. The van der Waals surface area contributed by atoms with Crippen molar-refractivity contribution in [3.63, 3.8) is 0 Å². The molecule has 2 aromatic heterocycles. The molecule has 16 nitrogen and oxygen atoms in total. The number of carbonyl (C=O) groups excluding carboxylic acids is 5. The van der Waals surface area contributed by atoms with Crippen molar-refractivity contribution in [3.8, 4) is 11.1 Å². The van der Waals surface area contributed by atoms with E-state index in [0.717, 1.165) is 30.8 Å². The van der Waals surface area contributed by atoms with E-state index in [-0.39, 0.29) is 61.7 Å². The maximum atomic E-state index is 15.9. The number of fused-ring (bicyclic) bond motifs is 2. The van der Waals surface area contributed by atoms with Gasteiger partial charge in [0.15, 0.2) is 11.2 Å². The van der Waals surface area contributed by atoms with Crippen LogP contribution in [0.25, 0.3) is 11.1 Å². The van der Waals surface area contributed by atoms with Crippen molar-refractivity contribution in [1.29, 1.82) is 0 Å². The predicted molar refractivity (Wildman–Crippen MR) is 237 cm³/mol. The SMILES string of the molecule is O=C1CCN(c2ccc(N3CCC(O)(CC(=O)N4CCN(c5ccc(-c6cc(F)c7c(c6)C(=O)N(C(C(=O)Nc6nccs6)c6ncn8c6CCC8)C7)cc5)CC4)CC3)c(F)c2)C(=O)N1. The van der Waals surface area contributed by atoms with Crippen molar-refractivity contribution in [2.24, 2.45) is 0 Å². The van der Waals surface area contributed by atoms with Crippen molar-refractivity contribution < 1.29 is 37.9 Å². The molecule has 19 heteroatoms. The number of benzene rings is 3. The third-order valence-electron chi connectivity index (χ3n) is 13.3. The van der Waals surface area contributed by atoms with Crippen LogP contribution in [0, 0.1) is 11.6 Å². The number of hydrogen-bond donors (Lipinski definition) is 3. The normalized spacial score (nSPS) is 18.8. The molecule has 1 atom stereocenters. The number of aryl methyl sites for hydroxylation is 1. The van der Waals surface area contributed by atoms with E-state index in [1.54, 1.807) is 41.0 Å². The lowest BCUT2D eigenvalue weighted by Crippen LogP contribution is -2.52. The highest BCUT2D eigenvalue weighted by Gasteiger charge is 2.42. The summed E-state index contributed by atoms with van der Waals surface area (Å²) in [6, 6.07) is 13.6. The Morgan fingerprint density at radius 2 is 1.62 bits per heavy atom. The largest absolute Gasteiger partial charge is 0.389 e. The summed E-state index contributed by atoms with van der Waals surface area (Å²) >= 11 is 1.26. The number of nitrogens with one attached hydrogen (secondary N) is 2. The highest BCUT2D eigenvalue weighted by molar-refractivity contribution is 7.13. The highest BCUT2D eigenvalue weighted by Crippen LogP contribution is 2.39. The van der Waals surface area contributed by atoms with E-state index in [0.29, 0.717) is 72.6 Å². The Balaban J connectivity index is 0.744. The van der Waals surface area contributed by atoms with Crippen LogP contribution in [0.3, 0.4) is 0 Å². The summed E-state index contributed by atoms with van der Waals surface area (Å²) in [5, 5.41) is 18.7. The van der Waals surface area contributed by atoms with Crippen LogP contribution < -0.4 is 25.3 Å². The van der Waals surface area contributed by atoms with Crippen LogP contribution in [0.5, 0.6) is 0 Å². The first-order chi connectivity index (χ1) is 31.4. The van der Waals surface area contributed by atoms with Crippen LogP contribution in [-0.2, 0) is 33.9 Å². The first-order valence-corrected chi connectivity index (χ1v) is 22.7. The molecule has 6 amide bonds. The van der Waals surface area contributed by atoms with Crippen molar-refractivity contribution in [3.05, 3.63) is 107 Å². The Bertz CT molecular complexity index is 2700. The zero-order chi connectivity index (χ0) is 45.0. The first kappa shape index (κ1) is 42.2. The summed E-state index contributed by atoms with van der Waals surface area (Å²) < 4.78 is 33.2. The zero-order valence-corrected chi connectivity index (χ0v) is 36.2. The molecule has 65 heavy (non-hydrogen) atoms. The molecule has 0 radical (unpaired) electrons. The summed E-state index contributed by atoms with van der Waals surface area (Å²) in [6.45, 7) is 3.60. The maximum Gasteiger partial charge on any atom is 0.328 e. The van der Waals surface area contributed by atoms with E-state index in [1.807, 2.05) is 33.7 Å². The van der Waals surface area contributed by atoms with Crippen LogP contribution in [0.1, 0.15) is 65.5 Å². The third kappa shape index (κ3) is 8.18. The molecule has 5 aliphatic heterocycles. The van der Waals surface area contributed by atoms with Gasteiger partial charge in [-0.3, -0.25) is 34.7 Å². The van der Waals surface area contributed by atoms with Gasteiger partial charge in [-0.1, -0.05) is 12.1 Å². The molecule has 10 rings (SSSR count). The van der Waals surface area contributed by atoms with Crippen LogP contribution in [0.4, 0.5) is 35.8 Å². The topological polar surface area (TPSA) is 177 Å². The van der Waals surface area contributed by atoms with E-state index in [2.05, 4.69) is 25.5 Å². The molecule has 3 saturated heterocycles. The van der Waals surface area contributed by atoms with Crippen molar-refractivity contribution in [2.45, 2.75) is 63.3 Å². The third-order valence-corrected chi connectivity index (χ3v) is 14.0. The molecule has 5 aliphatic rings. The number of thiazole rings is 1. The molecule has 5 aromatic rings. The summed E-state index contributed by atoms with van der Waals surface area (Å²) in [6.07, 6.45) is 5.55. The van der Waals surface area contributed by atoms with Gasteiger partial charge in [0.05, 0.1) is 36.3 Å². The molecule has 3 aromatic carbocycles. The molecule has 336 valence electrons. The van der Waals surface area contributed by atoms with Crippen LogP contribution in [-0.4, -0.2) is 111 Å². The maximum absolute atomic E-state index is 15.9. The smallest absolute Gasteiger partial charge is 0.328 e. The minimum Gasteiger partial charge on any atom is -0.389 e. The standard InChI is InChI=1S/C46H46F2N10O6S/c47-34-23-29(22-32-33(34)26-58(43(32)62)41(42(61)52-44-49-12-21-65-44)40-37-2-1-13-56(37)27-50-40)28-3-5-30(6-4-28)53-17-19-55(20-18-53)39(60)25-46(64)10-15-54(16-11-46)36-8-7-31(24-35(36)48)57-14-9-38(59)51-45(57)63/h3-8,12,21-24,27,41,64H,1-2,9-11,13-20,25-26H2,(H,49,52,61)(H,51,59,63). The van der Waals surface area contributed by atoms with Gasteiger partial charge in [-0.25, -0.2) is 23.5 Å². The van der Waals surface area contributed by atoms with E-state index < -0.39 is 41.1 Å². The fourth-order valence-electron chi connectivity index (χ4n) is 9.71. The highest BCUT2D eigenvalue weighted by atomic mass is 32.1. The van der Waals surface area contributed by atoms with Gasteiger partial charge in [-0.15, -0.1) is 11.3 Å². The number of hydrogen-bond acceptors (Lipinski definition) is 11. The van der Waals surface area contributed by atoms with Crippen LogP contribution in [0.2, 0.25) is 0 Å². The van der Waals surface area contributed by atoms with Crippen molar-refractivity contribution in [1.82, 2.24) is 29.7 Å². The van der Waals surface area contributed by atoms with E-state index in [9.17, 15) is 29.1 Å². The van der Waals surface area contributed by atoms with Crippen LogP contribution in [0.15, 0.2) is 72.5 Å². The lowest BCUT2D eigenvalue weighted by Gasteiger charge is -2.41. The Labute approximate surface area is 376 Å². The van der Waals surface area contributed by atoms with Crippen molar-refractivity contribution >= 4 is 63.2 Å². The van der Waals surface area contributed by atoms with Gasteiger partial charge in [-0.05, 0) is 79.3 Å². The fourth-order valence-corrected chi connectivity index (χ4v) is 10.2. The lowest BCUT2D eigenvalue weighted by atomic mass is 9.87. The Morgan fingerprint density at radius 1 is 0.846 bits per heavy atom. The molecule has 3 fully saturated rings. The number of imide groups is 1. The summed E-state index contributed by atoms with van der Waals surface area (Å²) in [4.78, 5) is 82.4. The number of imidazole rings is 1. The lowest BCUT2D eigenvalue weighted by molar-refractivity contribution is -0.137. The average molecular weight is 905 g/mol. The number of urea groups is 1. The molecule has 7 heterocycles.